The number of amides is 1. The van der Waals surface area contributed by atoms with Crippen molar-refractivity contribution in [3.05, 3.63) is 46.1 Å². The van der Waals surface area contributed by atoms with Gasteiger partial charge in [0.05, 0.1) is 0 Å². The molecule has 35 heavy (non-hydrogen) atoms. The molecule has 0 unspecified atom stereocenters. The smallest absolute Gasteiger partial charge is 0.256 e. The SMILES string of the molecule is Cc1ccc(CNc2nc(N3CCC4(CC4)C3)ncc2C(=O)NCCN2CCN(C)CC2)cc1Cl. The molecule has 3 heterocycles. The molecule has 1 saturated carbocycles. The number of rotatable bonds is 8. The second-order valence-corrected chi connectivity index (χ2v) is 10.8. The summed E-state index contributed by atoms with van der Waals surface area (Å²) in [6, 6.07) is 6.01. The highest BCUT2D eigenvalue weighted by atomic mass is 35.5. The van der Waals surface area contributed by atoms with Crippen LogP contribution in [-0.2, 0) is 6.54 Å². The molecule has 0 atom stereocenters. The quantitative estimate of drug-likeness (QED) is 0.580. The van der Waals surface area contributed by atoms with Crippen molar-refractivity contribution in [3.8, 4) is 0 Å². The number of anilines is 2. The predicted octanol–water partition coefficient (Wildman–Crippen LogP) is 3.02. The summed E-state index contributed by atoms with van der Waals surface area (Å²) in [5.41, 5.74) is 3.05. The van der Waals surface area contributed by atoms with Crippen molar-refractivity contribution in [2.45, 2.75) is 32.7 Å². The van der Waals surface area contributed by atoms with E-state index in [1.807, 2.05) is 25.1 Å². The Morgan fingerprint density at radius 3 is 2.66 bits per heavy atom. The molecule has 1 aromatic carbocycles. The highest BCUT2D eigenvalue weighted by molar-refractivity contribution is 6.31. The van der Waals surface area contributed by atoms with Gasteiger partial charge in [-0.2, -0.15) is 4.98 Å². The summed E-state index contributed by atoms with van der Waals surface area (Å²) in [5, 5.41) is 7.20. The van der Waals surface area contributed by atoms with Crippen LogP contribution in [0.15, 0.2) is 24.4 Å². The van der Waals surface area contributed by atoms with E-state index in [9.17, 15) is 4.79 Å². The molecule has 2 N–H and O–H groups in total. The number of hydrogen-bond acceptors (Lipinski definition) is 7. The number of halogens is 1. The maximum atomic E-state index is 13.1. The summed E-state index contributed by atoms with van der Waals surface area (Å²) in [7, 11) is 2.15. The topological polar surface area (TPSA) is 76.6 Å². The number of aromatic nitrogens is 2. The highest BCUT2D eigenvalue weighted by Gasteiger charge is 2.48. The van der Waals surface area contributed by atoms with E-state index in [0.717, 1.165) is 62.0 Å². The van der Waals surface area contributed by atoms with Crippen LogP contribution >= 0.6 is 11.6 Å². The molecule has 3 fully saturated rings. The number of piperazine rings is 1. The molecule has 2 saturated heterocycles. The zero-order chi connectivity index (χ0) is 24.4. The molecular weight excluding hydrogens is 462 g/mol. The third kappa shape index (κ3) is 5.88. The van der Waals surface area contributed by atoms with Crippen molar-refractivity contribution in [2.75, 3.05) is 69.6 Å². The summed E-state index contributed by atoms with van der Waals surface area (Å²) in [6.07, 6.45) is 5.48. The molecule has 1 amide bonds. The van der Waals surface area contributed by atoms with E-state index in [1.54, 1.807) is 6.20 Å². The van der Waals surface area contributed by atoms with Gasteiger partial charge < -0.3 is 20.4 Å². The van der Waals surface area contributed by atoms with Crippen LogP contribution in [0, 0.1) is 12.3 Å². The Hall–Kier alpha value is -2.42. The highest BCUT2D eigenvalue weighted by Crippen LogP contribution is 2.53. The molecular formula is C26H36ClN7O. The summed E-state index contributed by atoms with van der Waals surface area (Å²) in [4.78, 5) is 29.5. The second kappa shape index (κ2) is 10.3. The molecule has 5 rings (SSSR count). The number of carbonyl (C=O) groups is 1. The Morgan fingerprint density at radius 1 is 1.14 bits per heavy atom. The van der Waals surface area contributed by atoms with Gasteiger partial charge in [0, 0.05) is 70.1 Å². The van der Waals surface area contributed by atoms with Gasteiger partial charge in [0.25, 0.3) is 5.91 Å². The standard InChI is InChI=1S/C26H36ClN7O/c1-19-3-4-20(15-22(19)27)16-29-23-21(24(35)28-8-10-33-13-11-32(2)12-14-33)17-30-25(31-23)34-9-7-26(18-34)5-6-26/h3-4,15,17H,5-14,16,18H2,1-2H3,(H,28,35)(H,29,30,31). The van der Waals surface area contributed by atoms with Gasteiger partial charge in [-0.25, -0.2) is 4.98 Å². The minimum atomic E-state index is -0.143. The average molecular weight is 498 g/mol. The molecule has 1 aliphatic carbocycles. The van der Waals surface area contributed by atoms with Gasteiger partial charge in [-0.1, -0.05) is 23.7 Å². The van der Waals surface area contributed by atoms with E-state index < -0.39 is 0 Å². The Morgan fingerprint density at radius 2 is 1.94 bits per heavy atom. The molecule has 8 nitrogen and oxygen atoms in total. The molecule has 1 spiro atoms. The third-order valence-corrected chi connectivity index (χ3v) is 8.11. The van der Waals surface area contributed by atoms with Gasteiger partial charge in [-0.05, 0) is 55.8 Å². The largest absolute Gasteiger partial charge is 0.365 e. The van der Waals surface area contributed by atoms with Crippen molar-refractivity contribution < 1.29 is 4.79 Å². The van der Waals surface area contributed by atoms with Gasteiger partial charge in [0.15, 0.2) is 0 Å². The minimum Gasteiger partial charge on any atom is -0.365 e. The maximum Gasteiger partial charge on any atom is 0.256 e. The Kier molecular flexibility index (Phi) is 7.14. The molecule has 1 aromatic heterocycles. The fourth-order valence-electron chi connectivity index (χ4n) is 4.94. The molecule has 188 valence electrons. The van der Waals surface area contributed by atoms with Crippen molar-refractivity contribution >= 4 is 29.3 Å². The number of carbonyl (C=O) groups excluding carboxylic acids is 1. The normalized spacial score (nSPS) is 19.8. The molecule has 3 aliphatic rings. The number of likely N-dealkylation sites (N-methyl/N-ethyl adjacent to an activating group) is 1. The number of benzene rings is 1. The lowest BCUT2D eigenvalue weighted by Gasteiger charge is -2.32. The lowest BCUT2D eigenvalue weighted by molar-refractivity contribution is 0.0941. The zero-order valence-electron chi connectivity index (χ0n) is 20.8. The first kappa shape index (κ1) is 24.3. The third-order valence-electron chi connectivity index (χ3n) is 7.70. The Bertz CT molecular complexity index is 1070. The van der Waals surface area contributed by atoms with Crippen molar-refractivity contribution in [2.24, 2.45) is 5.41 Å². The summed E-state index contributed by atoms with van der Waals surface area (Å²) in [6.45, 7) is 10.2. The minimum absolute atomic E-state index is 0.143. The van der Waals surface area contributed by atoms with Crippen LogP contribution in [0.25, 0.3) is 0 Å². The van der Waals surface area contributed by atoms with E-state index in [0.29, 0.717) is 35.8 Å². The van der Waals surface area contributed by atoms with Gasteiger partial charge in [0.2, 0.25) is 5.95 Å². The lowest BCUT2D eigenvalue weighted by atomic mass is 10.1. The average Bonchev–Trinajstić information content (AvgIpc) is 3.49. The number of nitrogens with zero attached hydrogens (tertiary/aromatic N) is 5. The first-order valence-corrected chi connectivity index (χ1v) is 13.1. The van der Waals surface area contributed by atoms with E-state index in [4.69, 9.17) is 16.6 Å². The van der Waals surface area contributed by atoms with Crippen LogP contribution in [0.3, 0.4) is 0 Å². The van der Waals surface area contributed by atoms with E-state index in [2.05, 4.69) is 37.4 Å². The fraction of sp³-hybridized carbons (Fsp3) is 0.577. The van der Waals surface area contributed by atoms with Crippen LogP contribution in [0.2, 0.25) is 5.02 Å². The Balaban J connectivity index is 1.27. The summed E-state index contributed by atoms with van der Waals surface area (Å²) < 4.78 is 0. The van der Waals surface area contributed by atoms with Gasteiger partial charge in [-0.15, -0.1) is 0 Å². The predicted molar refractivity (Wildman–Crippen MR) is 140 cm³/mol. The van der Waals surface area contributed by atoms with Crippen molar-refractivity contribution in [1.29, 1.82) is 0 Å². The van der Waals surface area contributed by atoms with Gasteiger partial charge in [0.1, 0.15) is 11.4 Å². The first-order chi connectivity index (χ1) is 16.9. The first-order valence-electron chi connectivity index (χ1n) is 12.7. The molecule has 0 radical (unpaired) electrons. The summed E-state index contributed by atoms with van der Waals surface area (Å²) in [5.74, 6) is 1.13. The number of hydrogen-bond donors (Lipinski definition) is 2. The van der Waals surface area contributed by atoms with E-state index in [1.165, 1.54) is 19.3 Å². The van der Waals surface area contributed by atoms with Gasteiger partial charge >= 0.3 is 0 Å². The van der Waals surface area contributed by atoms with Crippen LogP contribution < -0.4 is 15.5 Å². The van der Waals surface area contributed by atoms with Crippen LogP contribution in [0.4, 0.5) is 11.8 Å². The molecule has 2 aliphatic heterocycles. The zero-order valence-corrected chi connectivity index (χ0v) is 21.6. The monoisotopic (exact) mass is 497 g/mol. The van der Waals surface area contributed by atoms with Crippen LogP contribution in [0.5, 0.6) is 0 Å². The second-order valence-electron chi connectivity index (χ2n) is 10.4. The van der Waals surface area contributed by atoms with Crippen molar-refractivity contribution in [1.82, 2.24) is 25.1 Å². The number of nitrogens with one attached hydrogen (secondary N) is 2. The molecule has 2 aromatic rings. The fourth-order valence-corrected chi connectivity index (χ4v) is 5.15. The Labute approximate surface area is 213 Å². The van der Waals surface area contributed by atoms with E-state index >= 15 is 0 Å². The molecule has 9 heteroatoms. The van der Waals surface area contributed by atoms with Crippen LogP contribution in [-0.4, -0.2) is 85.1 Å². The molecule has 0 bridgehead atoms. The lowest BCUT2D eigenvalue weighted by Crippen LogP contribution is -2.46. The summed E-state index contributed by atoms with van der Waals surface area (Å²) >= 11 is 6.32. The van der Waals surface area contributed by atoms with Gasteiger partial charge in [-0.3, -0.25) is 9.69 Å². The van der Waals surface area contributed by atoms with E-state index in [-0.39, 0.29) is 5.91 Å². The van der Waals surface area contributed by atoms with Crippen LogP contribution in [0.1, 0.15) is 40.7 Å². The van der Waals surface area contributed by atoms with Crippen molar-refractivity contribution in [3.63, 3.8) is 0 Å². The maximum absolute atomic E-state index is 13.1. The number of aryl methyl sites for hydroxylation is 1.